The molecule has 0 aromatic heterocycles. The number of carbonyl (C=O) groups excluding carboxylic acids is 2. The van der Waals surface area contributed by atoms with Crippen molar-refractivity contribution in [3.63, 3.8) is 0 Å². The van der Waals surface area contributed by atoms with Gasteiger partial charge in [0.1, 0.15) is 5.54 Å². The minimum Gasteiger partial charge on any atom is -0.480 e. The van der Waals surface area contributed by atoms with Crippen molar-refractivity contribution in [3.05, 3.63) is 42.0 Å². The maximum Gasteiger partial charge on any atom is 0.329 e. The number of carboxylic acid groups (broad SMARTS) is 1. The normalized spacial score (nSPS) is 25.7. The standard InChI is InChI=1S/C23H30N2O4/c1-17-9-13-23(14-10-17,22(28)29)24-21(27)19-11-15-25(16-12-19)20(26)8-7-18-5-3-2-4-6-18/h2-8,17,19H,9-16H2,1H3,(H,24,27)(H,28,29)/b8-7+. The Bertz CT molecular complexity index is 758. The molecule has 0 bridgehead atoms. The Labute approximate surface area is 172 Å². The second kappa shape index (κ2) is 9.25. The largest absolute Gasteiger partial charge is 0.480 e. The summed E-state index contributed by atoms with van der Waals surface area (Å²) in [5, 5.41) is 12.6. The lowest BCUT2D eigenvalue weighted by molar-refractivity contribution is -0.150. The predicted octanol–water partition coefficient (Wildman–Crippen LogP) is 3.09. The fourth-order valence-electron chi connectivity index (χ4n) is 4.18. The molecule has 1 aliphatic carbocycles. The van der Waals surface area contributed by atoms with Crippen LogP contribution in [-0.2, 0) is 14.4 Å². The highest BCUT2D eigenvalue weighted by Crippen LogP contribution is 2.33. The van der Waals surface area contributed by atoms with E-state index in [1.54, 1.807) is 17.1 Å². The van der Waals surface area contributed by atoms with Gasteiger partial charge in [0.25, 0.3) is 0 Å². The first-order chi connectivity index (χ1) is 13.9. The minimum absolute atomic E-state index is 0.0593. The first kappa shape index (κ1) is 21.1. The van der Waals surface area contributed by atoms with Crippen molar-refractivity contribution in [2.75, 3.05) is 13.1 Å². The molecule has 1 aromatic rings. The Morgan fingerprint density at radius 1 is 1.07 bits per heavy atom. The monoisotopic (exact) mass is 398 g/mol. The summed E-state index contributed by atoms with van der Waals surface area (Å²) in [5.41, 5.74) is -0.162. The van der Waals surface area contributed by atoms with E-state index in [4.69, 9.17) is 0 Å². The minimum atomic E-state index is -1.13. The zero-order valence-electron chi connectivity index (χ0n) is 17.0. The number of hydrogen-bond donors (Lipinski definition) is 2. The van der Waals surface area contributed by atoms with Gasteiger partial charge in [0.05, 0.1) is 0 Å². The van der Waals surface area contributed by atoms with Crippen molar-refractivity contribution < 1.29 is 19.5 Å². The van der Waals surface area contributed by atoms with E-state index in [9.17, 15) is 19.5 Å². The van der Waals surface area contributed by atoms with E-state index in [1.807, 2.05) is 30.3 Å². The third-order valence-corrected chi connectivity index (χ3v) is 6.30. The first-order valence-electron chi connectivity index (χ1n) is 10.5. The third kappa shape index (κ3) is 5.25. The van der Waals surface area contributed by atoms with Gasteiger partial charge in [-0.1, -0.05) is 37.3 Å². The van der Waals surface area contributed by atoms with Crippen LogP contribution in [0.2, 0.25) is 0 Å². The summed E-state index contributed by atoms with van der Waals surface area (Å²) in [6.45, 7) is 3.13. The zero-order chi connectivity index (χ0) is 20.9. The smallest absolute Gasteiger partial charge is 0.329 e. The molecule has 29 heavy (non-hydrogen) atoms. The van der Waals surface area contributed by atoms with Crippen LogP contribution >= 0.6 is 0 Å². The molecule has 2 fully saturated rings. The van der Waals surface area contributed by atoms with E-state index in [1.165, 1.54) is 0 Å². The number of hydrogen-bond acceptors (Lipinski definition) is 3. The molecule has 0 radical (unpaired) electrons. The number of aliphatic carboxylic acids is 1. The first-order valence-corrected chi connectivity index (χ1v) is 10.5. The average Bonchev–Trinajstić information content (AvgIpc) is 2.74. The summed E-state index contributed by atoms with van der Waals surface area (Å²) in [6.07, 6.45) is 7.07. The van der Waals surface area contributed by atoms with E-state index in [2.05, 4.69) is 12.2 Å². The number of piperidine rings is 1. The molecule has 0 unspecified atom stereocenters. The van der Waals surface area contributed by atoms with E-state index >= 15 is 0 Å². The fourth-order valence-corrected chi connectivity index (χ4v) is 4.18. The van der Waals surface area contributed by atoms with Crippen LogP contribution in [0.15, 0.2) is 36.4 Å². The molecule has 0 atom stereocenters. The Morgan fingerprint density at radius 3 is 2.28 bits per heavy atom. The molecule has 2 aliphatic rings. The molecule has 6 heteroatoms. The van der Waals surface area contributed by atoms with Gasteiger partial charge in [-0.2, -0.15) is 0 Å². The Morgan fingerprint density at radius 2 is 1.69 bits per heavy atom. The van der Waals surface area contributed by atoms with Gasteiger partial charge in [-0.3, -0.25) is 9.59 Å². The topological polar surface area (TPSA) is 86.7 Å². The molecule has 2 N–H and O–H groups in total. The lowest BCUT2D eigenvalue weighted by atomic mass is 9.76. The number of carbonyl (C=O) groups is 3. The maximum absolute atomic E-state index is 12.8. The summed E-state index contributed by atoms with van der Waals surface area (Å²) in [4.78, 5) is 38.8. The molecule has 1 aliphatic heterocycles. The summed E-state index contributed by atoms with van der Waals surface area (Å²) in [5.74, 6) is -0.924. The molecule has 1 aromatic carbocycles. The Kier molecular flexibility index (Phi) is 6.72. The molecule has 6 nitrogen and oxygen atoms in total. The molecular formula is C23H30N2O4. The summed E-state index contributed by atoms with van der Waals surface area (Å²) in [7, 11) is 0. The highest BCUT2D eigenvalue weighted by molar-refractivity contribution is 5.92. The van der Waals surface area contributed by atoms with Crippen molar-refractivity contribution in [2.45, 2.75) is 51.0 Å². The van der Waals surface area contributed by atoms with Crippen molar-refractivity contribution >= 4 is 23.9 Å². The second-order valence-corrected chi connectivity index (χ2v) is 8.40. The number of nitrogens with zero attached hydrogens (tertiary/aromatic N) is 1. The van der Waals surface area contributed by atoms with Gasteiger partial charge in [-0.25, -0.2) is 4.79 Å². The highest BCUT2D eigenvalue weighted by Gasteiger charge is 2.43. The lowest BCUT2D eigenvalue weighted by Crippen LogP contribution is -2.58. The lowest BCUT2D eigenvalue weighted by Gasteiger charge is -2.38. The third-order valence-electron chi connectivity index (χ3n) is 6.30. The predicted molar refractivity (Wildman–Crippen MR) is 111 cm³/mol. The van der Waals surface area contributed by atoms with Crippen LogP contribution < -0.4 is 5.32 Å². The van der Waals surface area contributed by atoms with Gasteiger partial charge in [0, 0.05) is 25.1 Å². The average molecular weight is 399 g/mol. The summed E-state index contributed by atoms with van der Waals surface area (Å²) >= 11 is 0. The molecule has 3 rings (SSSR count). The number of likely N-dealkylation sites (tertiary alicyclic amines) is 1. The molecule has 1 saturated heterocycles. The molecule has 1 saturated carbocycles. The maximum atomic E-state index is 12.8. The number of carboxylic acids is 1. The van der Waals surface area contributed by atoms with Crippen LogP contribution in [0.25, 0.3) is 6.08 Å². The summed E-state index contributed by atoms with van der Waals surface area (Å²) < 4.78 is 0. The van der Waals surface area contributed by atoms with Crippen LogP contribution in [-0.4, -0.2) is 46.4 Å². The quantitative estimate of drug-likeness (QED) is 0.746. The van der Waals surface area contributed by atoms with Crippen LogP contribution in [0, 0.1) is 11.8 Å². The van der Waals surface area contributed by atoms with Gasteiger partial charge < -0.3 is 15.3 Å². The van der Waals surface area contributed by atoms with Crippen molar-refractivity contribution in [2.24, 2.45) is 11.8 Å². The molecule has 156 valence electrons. The van der Waals surface area contributed by atoms with Crippen LogP contribution in [0.5, 0.6) is 0 Å². The van der Waals surface area contributed by atoms with Gasteiger partial charge in [-0.05, 0) is 56.1 Å². The van der Waals surface area contributed by atoms with Crippen LogP contribution in [0.1, 0.15) is 51.0 Å². The molecule has 2 amide bonds. The van der Waals surface area contributed by atoms with Crippen LogP contribution in [0.4, 0.5) is 0 Å². The fraction of sp³-hybridized carbons (Fsp3) is 0.522. The van der Waals surface area contributed by atoms with E-state index < -0.39 is 11.5 Å². The van der Waals surface area contributed by atoms with Crippen molar-refractivity contribution in [3.8, 4) is 0 Å². The van der Waals surface area contributed by atoms with E-state index in [0.29, 0.717) is 44.7 Å². The highest BCUT2D eigenvalue weighted by atomic mass is 16.4. The van der Waals surface area contributed by atoms with Gasteiger partial charge in [-0.15, -0.1) is 0 Å². The number of nitrogens with one attached hydrogen (secondary N) is 1. The number of amides is 2. The molecule has 0 spiro atoms. The Balaban J connectivity index is 1.52. The second-order valence-electron chi connectivity index (χ2n) is 8.40. The van der Waals surface area contributed by atoms with Crippen molar-refractivity contribution in [1.29, 1.82) is 0 Å². The number of rotatable bonds is 5. The number of benzene rings is 1. The summed E-state index contributed by atoms with van der Waals surface area (Å²) in [6, 6.07) is 9.64. The van der Waals surface area contributed by atoms with Gasteiger partial charge in [0.2, 0.25) is 11.8 Å². The zero-order valence-corrected chi connectivity index (χ0v) is 17.0. The van der Waals surface area contributed by atoms with E-state index in [0.717, 1.165) is 18.4 Å². The van der Waals surface area contributed by atoms with E-state index in [-0.39, 0.29) is 17.7 Å². The van der Waals surface area contributed by atoms with Gasteiger partial charge >= 0.3 is 5.97 Å². The van der Waals surface area contributed by atoms with Crippen LogP contribution in [0.3, 0.4) is 0 Å². The Hall–Kier alpha value is -2.63. The molecule has 1 heterocycles. The van der Waals surface area contributed by atoms with Crippen molar-refractivity contribution in [1.82, 2.24) is 10.2 Å². The SMILES string of the molecule is CC1CCC(NC(=O)C2CCN(C(=O)/C=C/c3ccccc3)CC2)(C(=O)O)CC1. The van der Waals surface area contributed by atoms with Gasteiger partial charge in [0.15, 0.2) is 0 Å². The molecular weight excluding hydrogens is 368 g/mol.